The molecule has 104 valence electrons. The van der Waals surface area contributed by atoms with Crippen LogP contribution in [0.5, 0.6) is 0 Å². The molecule has 0 fully saturated rings. The Labute approximate surface area is 169 Å². The van der Waals surface area contributed by atoms with Crippen molar-refractivity contribution in [3.63, 3.8) is 0 Å². The Morgan fingerprint density at radius 2 is 1.41 bits per heavy atom. The fourth-order valence-electron chi connectivity index (χ4n) is 2.41. The molecule has 0 saturated carbocycles. The second-order valence-corrected chi connectivity index (χ2v) is 4.69. The van der Waals surface area contributed by atoms with Gasteiger partial charge in [0.2, 0.25) is 0 Å². The van der Waals surface area contributed by atoms with Crippen LogP contribution in [0.25, 0.3) is 0 Å². The van der Waals surface area contributed by atoms with Gasteiger partial charge in [0.05, 0.1) is 23.6 Å². The van der Waals surface area contributed by atoms with Crippen molar-refractivity contribution in [2.45, 2.75) is 6.54 Å². The van der Waals surface area contributed by atoms with Crippen LogP contribution in [0.1, 0.15) is 36.6 Å². The third kappa shape index (κ3) is 2.93. The van der Waals surface area contributed by atoms with E-state index >= 15 is 0 Å². The van der Waals surface area contributed by atoms with Crippen molar-refractivity contribution in [2.75, 3.05) is 0 Å². The maximum absolute atomic E-state index is 12.2. The van der Waals surface area contributed by atoms with Gasteiger partial charge >= 0.3 is 51.4 Å². The van der Waals surface area contributed by atoms with E-state index in [1.165, 1.54) is 6.07 Å². The zero-order valence-corrected chi connectivity index (χ0v) is 15.0. The maximum atomic E-state index is 12.2. The fraction of sp³-hybridized carbons (Fsp3) is 0.0625. The Bertz CT molecular complexity index is 737. The standard InChI is InChI=1S/C16H11NO4.K/c18-14-12-7-3-4-8-13(12)15(19)17(14)9-10-5-1-2-6-11(10)16(20)21;/h1-8H,9H2,(H,20,21);/q;+1/p-1. The molecule has 0 spiro atoms. The van der Waals surface area contributed by atoms with Gasteiger partial charge in [-0.3, -0.25) is 14.5 Å². The Kier molecular flexibility index (Phi) is 5.31. The Balaban J connectivity index is 0.00000176. The molecule has 22 heavy (non-hydrogen) atoms. The minimum atomic E-state index is -1.33. The summed E-state index contributed by atoms with van der Waals surface area (Å²) in [7, 11) is 0. The molecule has 3 rings (SSSR count). The molecule has 0 saturated heterocycles. The van der Waals surface area contributed by atoms with Gasteiger partial charge in [0, 0.05) is 5.56 Å². The number of carboxylic acid groups (broad SMARTS) is 1. The van der Waals surface area contributed by atoms with Crippen LogP contribution in [0, 0.1) is 0 Å². The van der Waals surface area contributed by atoms with Gasteiger partial charge in [-0.05, 0) is 17.7 Å². The van der Waals surface area contributed by atoms with Crippen LogP contribution in [0.15, 0.2) is 48.5 Å². The normalized spacial score (nSPS) is 12.8. The SMILES string of the molecule is O=C([O-])c1ccccc1CN1C(=O)c2ccccc2C1=O.[K+]. The number of aromatic carboxylic acids is 1. The van der Waals surface area contributed by atoms with Crippen LogP contribution in [0.4, 0.5) is 0 Å². The molecule has 0 unspecified atom stereocenters. The summed E-state index contributed by atoms with van der Waals surface area (Å²) in [5, 5.41) is 11.1. The van der Waals surface area contributed by atoms with Gasteiger partial charge in [-0.25, -0.2) is 0 Å². The van der Waals surface area contributed by atoms with E-state index in [4.69, 9.17) is 0 Å². The van der Waals surface area contributed by atoms with Gasteiger partial charge < -0.3 is 9.90 Å². The second-order valence-electron chi connectivity index (χ2n) is 4.69. The predicted molar refractivity (Wildman–Crippen MR) is 71.4 cm³/mol. The minimum Gasteiger partial charge on any atom is -0.545 e. The van der Waals surface area contributed by atoms with Crippen molar-refractivity contribution in [3.8, 4) is 0 Å². The number of imide groups is 1. The molecule has 0 bridgehead atoms. The molecule has 1 aliphatic rings. The predicted octanol–water partition coefficient (Wildman–Crippen LogP) is -2.15. The summed E-state index contributed by atoms with van der Waals surface area (Å²) in [5.41, 5.74) is 1.03. The van der Waals surface area contributed by atoms with E-state index in [0.717, 1.165) is 4.90 Å². The summed E-state index contributed by atoms with van der Waals surface area (Å²) < 4.78 is 0. The third-order valence-corrected chi connectivity index (χ3v) is 3.44. The average Bonchev–Trinajstić information content (AvgIpc) is 2.73. The largest absolute Gasteiger partial charge is 1.00 e. The molecule has 5 nitrogen and oxygen atoms in total. The molecule has 0 N–H and O–H groups in total. The van der Waals surface area contributed by atoms with Gasteiger partial charge in [-0.1, -0.05) is 36.4 Å². The number of nitrogens with zero attached hydrogens (tertiary/aromatic N) is 1. The molecular formula is C16H10KNO4. The van der Waals surface area contributed by atoms with Gasteiger partial charge in [-0.15, -0.1) is 0 Å². The maximum Gasteiger partial charge on any atom is 1.00 e. The first-order valence-electron chi connectivity index (χ1n) is 6.34. The van der Waals surface area contributed by atoms with Gasteiger partial charge in [-0.2, -0.15) is 0 Å². The van der Waals surface area contributed by atoms with E-state index < -0.39 is 17.8 Å². The van der Waals surface area contributed by atoms with Gasteiger partial charge in [0.25, 0.3) is 11.8 Å². The summed E-state index contributed by atoms with van der Waals surface area (Å²) in [6.07, 6.45) is 0. The summed E-state index contributed by atoms with van der Waals surface area (Å²) in [4.78, 5) is 36.6. The number of carbonyl (C=O) groups is 3. The van der Waals surface area contributed by atoms with Crippen molar-refractivity contribution in [1.82, 2.24) is 4.90 Å². The van der Waals surface area contributed by atoms with E-state index in [9.17, 15) is 19.5 Å². The summed E-state index contributed by atoms with van der Waals surface area (Å²) in [6, 6.07) is 12.7. The van der Waals surface area contributed by atoms with Crippen LogP contribution >= 0.6 is 0 Å². The number of amides is 2. The Morgan fingerprint density at radius 3 is 1.95 bits per heavy atom. The summed E-state index contributed by atoms with van der Waals surface area (Å²) in [6.45, 7) is -0.0868. The monoisotopic (exact) mass is 319 g/mol. The molecule has 2 amide bonds. The summed E-state index contributed by atoms with van der Waals surface area (Å²) >= 11 is 0. The Morgan fingerprint density at radius 1 is 0.909 bits per heavy atom. The number of benzene rings is 2. The number of fused-ring (bicyclic) bond motifs is 1. The smallest absolute Gasteiger partial charge is 0.545 e. The zero-order valence-electron chi connectivity index (χ0n) is 11.9. The number of rotatable bonds is 3. The molecule has 6 heteroatoms. The van der Waals surface area contributed by atoms with Crippen LogP contribution in [0.3, 0.4) is 0 Å². The molecular weight excluding hydrogens is 309 g/mol. The number of carboxylic acids is 1. The first kappa shape index (κ1) is 17.0. The molecule has 1 aliphatic heterocycles. The average molecular weight is 319 g/mol. The number of carbonyl (C=O) groups excluding carboxylic acids is 3. The van der Waals surface area contributed by atoms with Crippen LogP contribution in [0.2, 0.25) is 0 Å². The number of hydrogen-bond acceptors (Lipinski definition) is 4. The zero-order chi connectivity index (χ0) is 15.0. The number of hydrogen-bond donors (Lipinski definition) is 0. The van der Waals surface area contributed by atoms with Crippen molar-refractivity contribution in [2.24, 2.45) is 0 Å². The molecule has 0 aliphatic carbocycles. The first-order chi connectivity index (χ1) is 10.1. The van der Waals surface area contributed by atoms with Crippen molar-refractivity contribution >= 4 is 17.8 Å². The molecule has 1 heterocycles. The van der Waals surface area contributed by atoms with E-state index in [1.54, 1.807) is 42.5 Å². The summed E-state index contributed by atoms with van der Waals surface area (Å²) in [5.74, 6) is -2.16. The van der Waals surface area contributed by atoms with Crippen LogP contribution < -0.4 is 56.5 Å². The molecule has 0 radical (unpaired) electrons. The van der Waals surface area contributed by atoms with Crippen molar-refractivity contribution < 1.29 is 70.9 Å². The fourth-order valence-corrected chi connectivity index (χ4v) is 2.41. The van der Waals surface area contributed by atoms with Gasteiger partial charge in [0.15, 0.2) is 0 Å². The molecule has 2 aromatic carbocycles. The quantitative estimate of drug-likeness (QED) is 0.477. The van der Waals surface area contributed by atoms with E-state index in [2.05, 4.69) is 0 Å². The third-order valence-electron chi connectivity index (χ3n) is 3.44. The van der Waals surface area contributed by atoms with Gasteiger partial charge in [0.1, 0.15) is 0 Å². The van der Waals surface area contributed by atoms with Crippen molar-refractivity contribution in [3.05, 3.63) is 70.8 Å². The van der Waals surface area contributed by atoms with Crippen LogP contribution in [-0.4, -0.2) is 22.7 Å². The Hall–Kier alpha value is -1.31. The molecule has 2 aromatic rings. The van der Waals surface area contributed by atoms with E-state index in [1.807, 2.05) is 0 Å². The van der Waals surface area contributed by atoms with E-state index in [-0.39, 0.29) is 63.5 Å². The topological polar surface area (TPSA) is 77.5 Å². The van der Waals surface area contributed by atoms with E-state index in [0.29, 0.717) is 16.7 Å². The minimum absolute atomic E-state index is 0. The second kappa shape index (κ2) is 6.85. The van der Waals surface area contributed by atoms with Crippen molar-refractivity contribution in [1.29, 1.82) is 0 Å². The molecule has 0 atom stereocenters. The van der Waals surface area contributed by atoms with Crippen LogP contribution in [-0.2, 0) is 6.54 Å². The first-order valence-corrected chi connectivity index (χ1v) is 6.34. The molecule has 0 aromatic heterocycles.